The minimum absolute atomic E-state index is 0.00552. The van der Waals surface area contributed by atoms with Crippen LogP contribution in [0.1, 0.15) is 34.5 Å². The first-order chi connectivity index (χ1) is 14.4. The van der Waals surface area contributed by atoms with Crippen molar-refractivity contribution < 1.29 is 18.3 Å². The maximum absolute atomic E-state index is 12.8. The van der Waals surface area contributed by atoms with E-state index in [1.54, 1.807) is 12.1 Å². The van der Waals surface area contributed by atoms with Crippen LogP contribution >= 0.6 is 11.6 Å². The summed E-state index contributed by atoms with van der Waals surface area (Å²) in [4.78, 5) is 12.7. The number of para-hydroxylation sites is 1. The highest BCUT2D eigenvalue weighted by Crippen LogP contribution is 2.36. The van der Waals surface area contributed by atoms with Gasteiger partial charge in [0.2, 0.25) is 0 Å². The molecule has 2 heterocycles. The predicted molar refractivity (Wildman–Crippen MR) is 114 cm³/mol. The molecule has 2 aliphatic rings. The average molecular weight is 445 g/mol. The van der Waals surface area contributed by atoms with Gasteiger partial charge < -0.3 is 9.67 Å². The molecule has 0 bridgehead atoms. The van der Waals surface area contributed by atoms with E-state index in [4.69, 9.17) is 11.6 Å². The van der Waals surface area contributed by atoms with Crippen molar-refractivity contribution in [3.8, 4) is 0 Å². The largest absolute Gasteiger partial charge is 0.389 e. The van der Waals surface area contributed by atoms with Crippen LogP contribution in [0, 0.1) is 0 Å². The molecule has 0 spiro atoms. The number of amides is 1. The molecule has 5 rings (SSSR count). The molecule has 6 nitrogen and oxygen atoms in total. The van der Waals surface area contributed by atoms with E-state index in [9.17, 15) is 18.3 Å². The molecule has 0 saturated heterocycles. The van der Waals surface area contributed by atoms with E-state index >= 15 is 0 Å². The summed E-state index contributed by atoms with van der Waals surface area (Å²) in [6.07, 6.45) is 2.96. The van der Waals surface area contributed by atoms with Gasteiger partial charge in [-0.15, -0.1) is 0 Å². The third-order valence-electron chi connectivity index (χ3n) is 6.03. The van der Waals surface area contributed by atoms with Crippen molar-refractivity contribution in [2.45, 2.75) is 43.2 Å². The van der Waals surface area contributed by atoms with Crippen LogP contribution < -0.4 is 0 Å². The van der Waals surface area contributed by atoms with Gasteiger partial charge >= 0.3 is 0 Å². The minimum Gasteiger partial charge on any atom is -0.389 e. The second-order valence-electron chi connectivity index (χ2n) is 7.87. The SMILES string of the molecule is O=C1c2ccccc2S(=O)(=O)N1C[C@H](O)Cn1c2c(c3cccc(Cl)c31)CCCC2. The molecule has 1 aliphatic carbocycles. The molecular weight excluding hydrogens is 424 g/mol. The second kappa shape index (κ2) is 7.11. The lowest BCUT2D eigenvalue weighted by atomic mass is 9.95. The summed E-state index contributed by atoms with van der Waals surface area (Å²) in [6.45, 7) is -0.125. The van der Waals surface area contributed by atoms with Crippen molar-refractivity contribution in [1.29, 1.82) is 0 Å². The van der Waals surface area contributed by atoms with Crippen LogP contribution in [0.5, 0.6) is 0 Å². The molecule has 1 atom stereocenters. The van der Waals surface area contributed by atoms with Crippen molar-refractivity contribution in [2.75, 3.05) is 6.54 Å². The third kappa shape index (κ3) is 2.87. The van der Waals surface area contributed by atoms with Gasteiger partial charge in [-0.25, -0.2) is 12.7 Å². The van der Waals surface area contributed by atoms with Crippen molar-refractivity contribution in [3.63, 3.8) is 0 Å². The van der Waals surface area contributed by atoms with Gasteiger partial charge in [-0.05, 0) is 49.4 Å². The molecule has 1 aromatic heterocycles. The number of carbonyl (C=O) groups is 1. The lowest BCUT2D eigenvalue weighted by Gasteiger charge is -2.22. The summed E-state index contributed by atoms with van der Waals surface area (Å²) >= 11 is 6.50. The fraction of sp³-hybridized carbons (Fsp3) is 0.318. The summed E-state index contributed by atoms with van der Waals surface area (Å²) in [7, 11) is -3.95. The highest BCUT2D eigenvalue weighted by Gasteiger charge is 2.41. The number of rotatable bonds is 4. The number of hydrogen-bond acceptors (Lipinski definition) is 4. The number of nitrogens with zero attached hydrogens (tertiary/aromatic N) is 2. The van der Waals surface area contributed by atoms with E-state index in [-0.39, 0.29) is 23.5 Å². The zero-order chi connectivity index (χ0) is 21.0. The van der Waals surface area contributed by atoms with Crippen molar-refractivity contribution in [3.05, 3.63) is 64.3 Å². The van der Waals surface area contributed by atoms with Crippen molar-refractivity contribution >= 4 is 38.4 Å². The van der Waals surface area contributed by atoms with Gasteiger partial charge in [-0.1, -0.05) is 35.9 Å². The van der Waals surface area contributed by atoms with Gasteiger partial charge in [-0.3, -0.25) is 4.79 Å². The first-order valence-electron chi connectivity index (χ1n) is 10.0. The Hall–Kier alpha value is -2.35. The number of aliphatic hydroxyl groups excluding tert-OH is 1. The number of hydrogen-bond donors (Lipinski definition) is 1. The van der Waals surface area contributed by atoms with Crippen LogP contribution in [0.15, 0.2) is 47.4 Å². The van der Waals surface area contributed by atoms with Crippen LogP contribution in [0.4, 0.5) is 0 Å². The molecular formula is C22H21ClN2O4S. The van der Waals surface area contributed by atoms with Crippen LogP contribution in [0.3, 0.4) is 0 Å². The molecule has 156 valence electrons. The summed E-state index contributed by atoms with van der Waals surface area (Å²) in [5, 5.41) is 12.5. The number of β-amino-alcohol motifs (C(OH)–C–C–N with tert-alkyl or cyclic N) is 1. The van der Waals surface area contributed by atoms with Crippen LogP contribution in [0.2, 0.25) is 5.02 Å². The molecule has 0 unspecified atom stereocenters. The Kier molecular flexibility index (Phi) is 4.65. The van der Waals surface area contributed by atoms with Gasteiger partial charge in [0.25, 0.3) is 15.9 Å². The second-order valence-corrected chi connectivity index (χ2v) is 10.1. The summed E-state index contributed by atoms with van der Waals surface area (Å²) in [6, 6.07) is 11.9. The van der Waals surface area contributed by atoms with Gasteiger partial charge in [0.05, 0.1) is 35.3 Å². The zero-order valence-electron chi connectivity index (χ0n) is 16.2. The molecule has 0 saturated carbocycles. The minimum atomic E-state index is -3.95. The fourth-order valence-electron chi connectivity index (χ4n) is 4.72. The van der Waals surface area contributed by atoms with Gasteiger partial charge in [-0.2, -0.15) is 0 Å². The number of fused-ring (bicyclic) bond motifs is 4. The number of aryl methyl sites for hydroxylation is 1. The molecule has 2 aromatic carbocycles. The zero-order valence-corrected chi connectivity index (χ0v) is 17.8. The maximum atomic E-state index is 12.8. The normalized spacial score (nSPS) is 18.5. The van der Waals surface area contributed by atoms with Gasteiger partial charge in [0, 0.05) is 11.1 Å². The number of halogens is 1. The molecule has 1 aliphatic heterocycles. The Morgan fingerprint density at radius 3 is 2.60 bits per heavy atom. The first kappa shape index (κ1) is 19.6. The smallest absolute Gasteiger partial charge is 0.269 e. The van der Waals surface area contributed by atoms with E-state index in [1.165, 1.54) is 17.7 Å². The highest BCUT2D eigenvalue weighted by molar-refractivity contribution is 7.90. The lowest BCUT2D eigenvalue weighted by Crippen LogP contribution is -2.38. The highest BCUT2D eigenvalue weighted by atomic mass is 35.5. The van der Waals surface area contributed by atoms with Crippen molar-refractivity contribution in [2.24, 2.45) is 0 Å². The number of sulfonamides is 1. The number of aliphatic hydroxyl groups is 1. The quantitative estimate of drug-likeness (QED) is 0.669. The van der Waals surface area contributed by atoms with Crippen LogP contribution in [-0.4, -0.2) is 41.0 Å². The average Bonchev–Trinajstić information content (AvgIpc) is 3.15. The number of benzene rings is 2. The monoisotopic (exact) mass is 444 g/mol. The molecule has 3 aromatic rings. The Balaban J connectivity index is 1.48. The standard InChI is InChI=1S/C22H21ClN2O4S/c23-18-9-5-8-16-15-6-1-3-10-19(15)24(21(16)18)12-14(26)13-25-22(27)17-7-2-4-11-20(17)30(25,28)29/h2,4-5,7-9,11,14,26H,1,3,6,10,12-13H2/t14-/m1/s1. The maximum Gasteiger partial charge on any atom is 0.269 e. The summed E-state index contributed by atoms with van der Waals surface area (Å²) in [5.41, 5.74) is 3.41. The number of aromatic nitrogens is 1. The van der Waals surface area contributed by atoms with E-state index in [2.05, 4.69) is 0 Å². The Morgan fingerprint density at radius 1 is 1.03 bits per heavy atom. The number of carbonyl (C=O) groups excluding carboxylic acids is 1. The Morgan fingerprint density at radius 2 is 1.80 bits per heavy atom. The predicted octanol–water partition coefficient (Wildman–Crippen LogP) is 3.38. The van der Waals surface area contributed by atoms with E-state index in [0.29, 0.717) is 5.02 Å². The molecule has 30 heavy (non-hydrogen) atoms. The van der Waals surface area contributed by atoms with E-state index in [0.717, 1.165) is 46.6 Å². The molecule has 1 N–H and O–H groups in total. The van der Waals surface area contributed by atoms with Gasteiger partial charge in [0.15, 0.2) is 0 Å². The summed E-state index contributed by atoms with van der Waals surface area (Å²) in [5.74, 6) is -0.595. The lowest BCUT2D eigenvalue weighted by molar-refractivity contribution is 0.0771. The molecule has 8 heteroatoms. The van der Waals surface area contributed by atoms with E-state index in [1.807, 2.05) is 22.8 Å². The fourth-order valence-corrected chi connectivity index (χ4v) is 6.60. The third-order valence-corrected chi connectivity index (χ3v) is 8.14. The summed E-state index contributed by atoms with van der Waals surface area (Å²) < 4.78 is 28.4. The Bertz CT molecular complexity index is 1280. The Labute approximate surface area is 179 Å². The molecule has 1 amide bonds. The first-order valence-corrected chi connectivity index (χ1v) is 11.8. The van der Waals surface area contributed by atoms with Gasteiger partial charge in [0.1, 0.15) is 4.90 Å². The van der Waals surface area contributed by atoms with E-state index < -0.39 is 22.0 Å². The topological polar surface area (TPSA) is 79.6 Å². The van der Waals surface area contributed by atoms with Crippen LogP contribution in [-0.2, 0) is 29.4 Å². The van der Waals surface area contributed by atoms with Crippen LogP contribution in [0.25, 0.3) is 10.9 Å². The molecule has 0 fully saturated rings. The molecule has 0 radical (unpaired) electrons. The van der Waals surface area contributed by atoms with Crippen molar-refractivity contribution in [1.82, 2.24) is 8.87 Å².